The number of carbonyl (C=O) groups excluding carboxylic acids is 1. The Bertz CT molecular complexity index is 986. The second-order valence-electron chi connectivity index (χ2n) is 9.66. The molecule has 0 spiro atoms. The van der Waals surface area contributed by atoms with Crippen molar-refractivity contribution in [1.82, 2.24) is 15.2 Å². The molecule has 5 nitrogen and oxygen atoms in total. The van der Waals surface area contributed by atoms with Crippen molar-refractivity contribution >= 4 is 5.91 Å². The number of nitrogens with zero attached hydrogens (tertiary/aromatic N) is 2. The van der Waals surface area contributed by atoms with Crippen LogP contribution in [-0.4, -0.2) is 35.5 Å². The molecule has 1 fully saturated rings. The number of pyridine rings is 1. The minimum Gasteiger partial charge on any atom is -0.381 e. The van der Waals surface area contributed by atoms with E-state index in [4.69, 9.17) is 4.74 Å². The zero-order valence-corrected chi connectivity index (χ0v) is 19.7. The fourth-order valence-corrected chi connectivity index (χ4v) is 4.98. The molecule has 1 saturated heterocycles. The maximum atomic E-state index is 12.9. The number of alkyl halides is 3. The number of nitrogens with one attached hydrogen (secondary N) is 1. The van der Waals surface area contributed by atoms with Crippen LogP contribution in [0.3, 0.4) is 0 Å². The van der Waals surface area contributed by atoms with Crippen molar-refractivity contribution in [1.29, 1.82) is 0 Å². The Kier molecular flexibility index (Phi) is 7.57. The van der Waals surface area contributed by atoms with Gasteiger partial charge in [0, 0.05) is 39.0 Å². The van der Waals surface area contributed by atoms with Gasteiger partial charge in [0.15, 0.2) is 0 Å². The lowest BCUT2D eigenvalue weighted by Crippen LogP contribution is -2.27. The Morgan fingerprint density at radius 1 is 1.21 bits per heavy atom. The van der Waals surface area contributed by atoms with E-state index in [-0.39, 0.29) is 17.9 Å². The molecule has 1 N–H and O–H groups in total. The lowest BCUT2D eigenvalue weighted by atomic mass is 9.96. The van der Waals surface area contributed by atoms with E-state index in [0.717, 1.165) is 61.4 Å². The summed E-state index contributed by atoms with van der Waals surface area (Å²) in [5, 5.41) is 3.01. The number of rotatable bonds is 7. The summed E-state index contributed by atoms with van der Waals surface area (Å²) in [5.41, 5.74) is 2.67. The van der Waals surface area contributed by atoms with Gasteiger partial charge in [-0.2, -0.15) is 13.2 Å². The minimum absolute atomic E-state index is 0.0444. The number of ether oxygens (including phenoxy) is 1. The maximum Gasteiger partial charge on any atom is 0.416 e. The number of carbonyl (C=O) groups is 1. The third-order valence-electron chi connectivity index (χ3n) is 6.79. The molecule has 0 unspecified atom stereocenters. The molecule has 1 aromatic carbocycles. The second kappa shape index (κ2) is 10.4. The molecule has 0 saturated carbocycles. The largest absolute Gasteiger partial charge is 0.416 e. The third kappa shape index (κ3) is 5.78. The van der Waals surface area contributed by atoms with Gasteiger partial charge in [-0.1, -0.05) is 26.0 Å². The summed E-state index contributed by atoms with van der Waals surface area (Å²) < 4.78 is 44.1. The van der Waals surface area contributed by atoms with Crippen molar-refractivity contribution in [3.05, 3.63) is 64.5 Å². The fourth-order valence-electron chi connectivity index (χ4n) is 4.98. The highest BCUT2D eigenvalue weighted by Crippen LogP contribution is 2.39. The molecular formula is C26H32F3N3O2. The van der Waals surface area contributed by atoms with Gasteiger partial charge in [-0.3, -0.25) is 14.7 Å². The van der Waals surface area contributed by atoms with E-state index in [9.17, 15) is 18.0 Å². The summed E-state index contributed by atoms with van der Waals surface area (Å²) in [6.45, 7) is 7.57. The highest BCUT2D eigenvalue weighted by Gasteiger charge is 2.35. The molecule has 184 valence electrons. The van der Waals surface area contributed by atoms with Crippen LogP contribution in [0.2, 0.25) is 0 Å². The number of fused-ring (bicyclic) bond motifs is 1. The van der Waals surface area contributed by atoms with Crippen LogP contribution in [-0.2, 0) is 24.0 Å². The molecule has 2 aliphatic rings. The van der Waals surface area contributed by atoms with Crippen LogP contribution in [0.5, 0.6) is 0 Å². The second-order valence-corrected chi connectivity index (χ2v) is 9.66. The summed E-state index contributed by atoms with van der Waals surface area (Å²) >= 11 is 0. The summed E-state index contributed by atoms with van der Waals surface area (Å²) in [4.78, 5) is 19.6. The van der Waals surface area contributed by atoms with Crippen LogP contribution >= 0.6 is 0 Å². The summed E-state index contributed by atoms with van der Waals surface area (Å²) in [7, 11) is 0. The van der Waals surface area contributed by atoms with E-state index in [2.05, 4.69) is 29.0 Å². The normalized spacial score (nSPS) is 19.4. The first-order chi connectivity index (χ1) is 16.2. The maximum absolute atomic E-state index is 12.9. The van der Waals surface area contributed by atoms with Crippen LogP contribution in [0.1, 0.15) is 71.9 Å². The first-order valence-corrected chi connectivity index (χ1v) is 12.0. The fraction of sp³-hybridized carbons (Fsp3) is 0.538. The number of hydrogen-bond acceptors (Lipinski definition) is 4. The SMILES string of the molecule is CC(C)[C@H]1c2ncc(C(=O)NCCC3CCOCC3)cc2CN1Cc1ccc(C(F)(F)F)cc1. The average molecular weight is 476 g/mol. The van der Waals surface area contributed by atoms with Gasteiger partial charge in [0.25, 0.3) is 5.91 Å². The summed E-state index contributed by atoms with van der Waals surface area (Å²) in [6.07, 6.45) is 0.335. The molecule has 0 aliphatic carbocycles. The van der Waals surface area contributed by atoms with Gasteiger partial charge in [0.2, 0.25) is 0 Å². The first-order valence-electron chi connectivity index (χ1n) is 12.0. The van der Waals surface area contributed by atoms with Crippen molar-refractivity contribution in [3.63, 3.8) is 0 Å². The highest BCUT2D eigenvalue weighted by molar-refractivity contribution is 5.94. The van der Waals surface area contributed by atoms with Gasteiger partial charge in [0.1, 0.15) is 0 Å². The van der Waals surface area contributed by atoms with E-state index in [1.54, 1.807) is 6.20 Å². The van der Waals surface area contributed by atoms with E-state index in [1.807, 2.05) is 6.07 Å². The predicted octanol–water partition coefficient (Wildman–Crippen LogP) is 5.36. The molecule has 0 bridgehead atoms. The Morgan fingerprint density at radius 3 is 2.56 bits per heavy atom. The predicted molar refractivity (Wildman–Crippen MR) is 123 cm³/mol. The first kappa shape index (κ1) is 24.7. The molecule has 1 atom stereocenters. The van der Waals surface area contributed by atoms with Crippen molar-refractivity contribution in [2.45, 2.75) is 58.4 Å². The molecule has 1 aromatic heterocycles. The van der Waals surface area contributed by atoms with Gasteiger partial charge in [-0.05, 0) is 60.4 Å². The Balaban J connectivity index is 1.41. The Morgan fingerprint density at radius 2 is 1.91 bits per heavy atom. The monoisotopic (exact) mass is 475 g/mol. The van der Waals surface area contributed by atoms with Gasteiger partial charge in [0.05, 0.1) is 22.9 Å². The molecule has 2 aromatic rings. The van der Waals surface area contributed by atoms with E-state index >= 15 is 0 Å². The Labute approximate surface area is 198 Å². The van der Waals surface area contributed by atoms with Gasteiger partial charge in [-0.25, -0.2) is 0 Å². The van der Waals surface area contributed by atoms with Crippen molar-refractivity contribution in [2.24, 2.45) is 11.8 Å². The summed E-state index contributed by atoms with van der Waals surface area (Å²) in [5.74, 6) is 0.741. The van der Waals surface area contributed by atoms with Crippen molar-refractivity contribution in [2.75, 3.05) is 19.8 Å². The molecule has 34 heavy (non-hydrogen) atoms. The molecule has 4 rings (SSSR count). The molecule has 2 aliphatic heterocycles. The van der Waals surface area contributed by atoms with Crippen LogP contribution in [0, 0.1) is 11.8 Å². The van der Waals surface area contributed by atoms with Crippen molar-refractivity contribution in [3.8, 4) is 0 Å². The van der Waals surface area contributed by atoms with E-state index in [0.29, 0.717) is 31.1 Å². The van der Waals surface area contributed by atoms with Crippen molar-refractivity contribution < 1.29 is 22.7 Å². The van der Waals surface area contributed by atoms with Crippen LogP contribution < -0.4 is 5.32 Å². The number of aromatic nitrogens is 1. The minimum atomic E-state index is -4.34. The lowest BCUT2D eigenvalue weighted by Gasteiger charge is -2.27. The van der Waals surface area contributed by atoms with Gasteiger partial charge >= 0.3 is 6.18 Å². The van der Waals surface area contributed by atoms with E-state index < -0.39 is 11.7 Å². The quantitative estimate of drug-likeness (QED) is 0.586. The van der Waals surface area contributed by atoms with Crippen LogP contribution in [0.25, 0.3) is 0 Å². The molecule has 3 heterocycles. The standard InChI is InChI=1S/C26H32F3N3O2/c1-17(2)24-23-21(16-32(24)15-19-3-5-22(6-4-19)26(27,28)29)13-20(14-31-23)25(33)30-10-7-18-8-11-34-12-9-18/h3-6,13-14,17-18,24H,7-12,15-16H2,1-2H3,(H,30,33)/t24-/m0/s1. The molecule has 1 amide bonds. The number of amides is 1. The average Bonchev–Trinajstić information content (AvgIpc) is 3.16. The Hall–Kier alpha value is -2.45. The number of halogens is 3. The zero-order valence-electron chi connectivity index (χ0n) is 19.7. The number of hydrogen-bond donors (Lipinski definition) is 1. The highest BCUT2D eigenvalue weighted by atomic mass is 19.4. The van der Waals surface area contributed by atoms with E-state index in [1.165, 1.54) is 12.1 Å². The molecule has 8 heteroatoms. The lowest BCUT2D eigenvalue weighted by molar-refractivity contribution is -0.137. The zero-order chi connectivity index (χ0) is 24.3. The van der Waals surface area contributed by atoms with Gasteiger partial charge in [-0.15, -0.1) is 0 Å². The molecular weight excluding hydrogens is 443 g/mol. The summed E-state index contributed by atoms with van der Waals surface area (Å²) in [6, 6.07) is 7.28. The van der Waals surface area contributed by atoms with Gasteiger partial charge < -0.3 is 10.1 Å². The van der Waals surface area contributed by atoms with Crippen LogP contribution in [0.15, 0.2) is 36.5 Å². The number of benzene rings is 1. The third-order valence-corrected chi connectivity index (χ3v) is 6.79. The molecule has 0 radical (unpaired) electrons. The topological polar surface area (TPSA) is 54.5 Å². The smallest absolute Gasteiger partial charge is 0.381 e. The van der Waals surface area contributed by atoms with Crippen LogP contribution in [0.4, 0.5) is 13.2 Å².